The van der Waals surface area contributed by atoms with E-state index in [1.807, 2.05) is 18.2 Å². The quantitative estimate of drug-likeness (QED) is 0.451. The fourth-order valence-corrected chi connectivity index (χ4v) is 6.65. The van der Waals surface area contributed by atoms with Crippen molar-refractivity contribution in [2.24, 2.45) is 17.8 Å². The Bertz CT molecular complexity index is 1140. The van der Waals surface area contributed by atoms with Crippen LogP contribution >= 0.6 is 0 Å². The molecule has 2 atom stereocenters. The van der Waals surface area contributed by atoms with Gasteiger partial charge < -0.3 is 10.1 Å². The highest BCUT2D eigenvalue weighted by Crippen LogP contribution is 2.54. The number of carbonyl (C=O) groups is 1. The van der Waals surface area contributed by atoms with Crippen LogP contribution in [-0.4, -0.2) is 16.1 Å². The van der Waals surface area contributed by atoms with Crippen molar-refractivity contribution >= 4 is 22.9 Å². The van der Waals surface area contributed by atoms with Crippen molar-refractivity contribution in [2.45, 2.75) is 51.4 Å². The molecule has 3 aromatic rings. The Morgan fingerprint density at radius 2 is 1.81 bits per heavy atom. The van der Waals surface area contributed by atoms with Crippen molar-refractivity contribution in [2.75, 3.05) is 0 Å². The van der Waals surface area contributed by atoms with Crippen LogP contribution < -0.4 is 0 Å². The Kier molecular flexibility index (Phi) is 5.00. The lowest BCUT2D eigenvalue weighted by Crippen LogP contribution is -2.42. The Balaban J connectivity index is 1.50. The molecule has 0 spiro atoms. The molecule has 1 aromatic heterocycles. The minimum atomic E-state index is -0.928. The van der Waals surface area contributed by atoms with Gasteiger partial charge in [-0.3, -0.25) is 0 Å². The first-order chi connectivity index (χ1) is 14.9. The third-order valence-electron chi connectivity index (χ3n) is 7.48. The van der Waals surface area contributed by atoms with Crippen molar-refractivity contribution < 1.29 is 9.90 Å². The molecule has 2 N–H and O–H groups in total. The molecular formula is C28H31NO2. The van der Waals surface area contributed by atoms with Gasteiger partial charge in [0.1, 0.15) is 0 Å². The zero-order valence-electron chi connectivity index (χ0n) is 18.4. The smallest absolute Gasteiger partial charge is 0.328 e. The normalized spacial score (nSPS) is 28.3. The SMILES string of the molecule is CC1CC2CC(C)CC(c3cccc(-c4cc5cc(/C=C/C(=O)O)ccc5[nH]4)c3)(C1)C2. The summed E-state index contributed by atoms with van der Waals surface area (Å²) in [4.78, 5) is 14.4. The first kappa shape index (κ1) is 20.1. The van der Waals surface area contributed by atoms with Gasteiger partial charge in [0.2, 0.25) is 0 Å². The highest BCUT2D eigenvalue weighted by Gasteiger charge is 2.45. The Morgan fingerprint density at radius 1 is 1.03 bits per heavy atom. The maximum atomic E-state index is 10.8. The lowest BCUT2D eigenvalue weighted by Gasteiger charge is -2.50. The molecule has 160 valence electrons. The van der Waals surface area contributed by atoms with Crippen molar-refractivity contribution in [3.8, 4) is 11.3 Å². The first-order valence-electron chi connectivity index (χ1n) is 11.5. The van der Waals surface area contributed by atoms with Gasteiger partial charge in [0.05, 0.1) is 0 Å². The third kappa shape index (κ3) is 3.94. The number of hydrogen-bond donors (Lipinski definition) is 2. The van der Waals surface area contributed by atoms with E-state index >= 15 is 0 Å². The maximum Gasteiger partial charge on any atom is 0.328 e. The summed E-state index contributed by atoms with van der Waals surface area (Å²) in [5.74, 6) is 1.56. The standard InChI is InChI=1S/C28H31NO2/c1-18-10-21-11-19(2)16-28(15-18,17-21)24-5-3-4-22(13-24)26-14-23-12-20(7-9-27(30)31)6-8-25(23)29-26/h3-9,12-14,18-19,21,29H,10-11,15-17H2,1-2H3,(H,30,31)/b9-7+. The van der Waals surface area contributed by atoms with Gasteiger partial charge in [0, 0.05) is 22.7 Å². The summed E-state index contributed by atoms with van der Waals surface area (Å²) in [5.41, 5.74) is 6.17. The number of nitrogens with one attached hydrogen (secondary N) is 1. The molecule has 31 heavy (non-hydrogen) atoms. The molecule has 2 saturated carbocycles. The number of rotatable bonds is 4. The Hall–Kier alpha value is -2.81. The van der Waals surface area contributed by atoms with E-state index in [0.717, 1.165) is 39.9 Å². The number of H-pyrrole nitrogens is 1. The molecule has 2 bridgehead atoms. The topological polar surface area (TPSA) is 53.1 Å². The number of aromatic nitrogens is 1. The second-order valence-corrected chi connectivity index (χ2v) is 10.2. The fraction of sp³-hybridized carbons (Fsp3) is 0.393. The van der Waals surface area contributed by atoms with Crippen molar-refractivity contribution in [1.29, 1.82) is 0 Å². The molecular weight excluding hydrogens is 382 g/mol. The summed E-state index contributed by atoms with van der Waals surface area (Å²) in [5, 5.41) is 9.98. The lowest BCUT2D eigenvalue weighted by molar-refractivity contribution is -0.131. The van der Waals surface area contributed by atoms with Gasteiger partial charge in [0.15, 0.2) is 0 Å². The molecule has 0 saturated heterocycles. The molecule has 5 rings (SSSR count). The van der Waals surface area contributed by atoms with E-state index < -0.39 is 5.97 Å². The zero-order chi connectivity index (χ0) is 21.6. The van der Waals surface area contributed by atoms with Crippen LogP contribution in [0.15, 0.2) is 54.6 Å². The molecule has 2 fully saturated rings. The molecule has 0 amide bonds. The number of carboxylic acids is 1. The van der Waals surface area contributed by atoms with Crippen molar-refractivity contribution in [3.63, 3.8) is 0 Å². The van der Waals surface area contributed by atoms with E-state index in [9.17, 15) is 4.79 Å². The summed E-state index contributed by atoms with van der Waals surface area (Å²) < 4.78 is 0. The molecule has 2 unspecified atom stereocenters. The summed E-state index contributed by atoms with van der Waals surface area (Å²) >= 11 is 0. The van der Waals surface area contributed by atoms with Crippen LogP contribution in [0.25, 0.3) is 28.2 Å². The van der Waals surface area contributed by atoms with Crippen LogP contribution in [0, 0.1) is 17.8 Å². The van der Waals surface area contributed by atoms with E-state index in [-0.39, 0.29) is 0 Å². The summed E-state index contributed by atoms with van der Waals surface area (Å²) in [6, 6.07) is 17.4. The lowest BCUT2D eigenvalue weighted by atomic mass is 9.54. The van der Waals surface area contributed by atoms with Crippen LogP contribution in [-0.2, 0) is 10.2 Å². The molecule has 2 aliphatic rings. The van der Waals surface area contributed by atoms with Crippen LogP contribution in [0.5, 0.6) is 0 Å². The van der Waals surface area contributed by atoms with E-state index in [1.165, 1.54) is 49.3 Å². The van der Waals surface area contributed by atoms with E-state index in [2.05, 4.69) is 49.2 Å². The highest BCUT2D eigenvalue weighted by atomic mass is 16.4. The molecule has 2 aromatic carbocycles. The number of carboxylic acid groups (broad SMARTS) is 1. The molecule has 0 aliphatic heterocycles. The van der Waals surface area contributed by atoms with Gasteiger partial charge in [-0.2, -0.15) is 0 Å². The van der Waals surface area contributed by atoms with Crippen LogP contribution in [0.1, 0.15) is 57.1 Å². The van der Waals surface area contributed by atoms with Gasteiger partial charge in [-0.1, -0.05) is 38.1 Å². The Labute approximate surface area is 184 Å². The zero-order valence-corrected chi connectivity index (χ0v) is 18.4. The van der Waals surface area contributed by atoms with Crippen LogP contribution in [0.3, 0.4) is 0 Å². The monoisotopic (exact) mass is 413 g/mol. The molecule has 2 aliphatic carbocycles. The van der Waals surface area contributed by atoms with Gasteiger partial charge in [0.25, 0.3) is 0 Å². The molecule has 0 radical (unpaired) electrons. The molecule has 3 nitrogen and oxygen atoms in total. The average Bonchev–Trinajstić information content (AvgIpc) is 3.15. The van der Waals surface area contributed by atoms with Gasteiger partial charge in [-0.05, 0) is 102 Å². The van der Waals surface area contributed by atoms with Crippen molar-refractivity contribution in [1.82, 2.24) is 4.98 Å². The maximum absolute atomic E-state index is 10.8. The summed E-state index contributed by atoms with van der Waals surface area (Å²) in [7, 11) is 0. The van der Waals surface area contributed by atoms with E-state index in [0.29, 0.717) is 5.41 Å². The number of hydrogen-bond acceptors (Lipinski definition) is 1. The van der Waals surface area contributed by atoms with Crippen LogP contribution in [0.4, 0.5) is 0 Å². The number of fused-ring (bicyclic) bond motifs is 3. The largest absolute Gasteiger partial charge is 0.478 e. The number of benzene rings is 2. The number of aliphatic carboxylic acids is 1. The fourth-order valence-electron chi connectivity index (χ4n) is 6.65. The minimum absolute atomic E-state index is 0.330. The van der Waals surface area contributed by atoms with E-state index in [1.54, 1.807) is 6.08 Å². The summed E-state index contributed by atoms with van der Waals surface area (Å²) in [6.07, 6.45) is 9.57. The first-order valence-corrected chi connectivity index (χ1v) is 11.5. The Morgan fingerprint density at radius 3 is 2.55 bits per heavy atom. The third-order valence-corrected chi connectivity index (χ3v) is 7.48. The van der Waals surface area contributed by atoms with Gasteiger partial charge >= 0.3 is 5.97 Å². The number of aromatic amines is 1. The van der Waals surface area contributed by atoms with Crippen molar-refractivity contribution in [3.05, 3.63) is 65.7 Å². The highest BCUT2D eigenvalue weighted by molar-refractivity contribution is 5.90. The van der Waals surface area contributed by atoms with Crippen LogP contribution in [0.2, 0.25) is 0 Å². The van der Waals surface area contributed by atoms with E-state index in [4.69, 9.17) is 5.11 Å². The summed E-state index contributed by atoms with van der Waals surface area (Å²) in [6.45, 7) is 4.88. The van der Waals surface area contributed by atoms with Gasteiger partial charge in [-0.15, -0.1) is 0 Å². The molecule has 1 heterocycles. The molecule has 3 heteroatoms. The second-order valence-electron chi connectivity index (χ2n) is 10.2. The average molecular weight is 414 g/mol. The second kappa shape index (κ2) is 7.71. The predicted octanol–water partition coefficient (Wildman–Crippen LogP) is 7.04. The van der Waals surface area contributed by atoms with Gasteiger partial charge in [-0.25, -0.2) is 4.79 Å². The predicted molar refractivity (Wildman–Crippen MR) is 127 cm³/mol. The minimum Gasteiger partial charge on any atom is -0.478 e.